The van der Waals surface area contributed by atoms with Crippen LogP contribution in [-0.2, 0) is 10.2 Å². The second kappa shape index (κ2) is 10.2. The Morgan fingerprint density at radius 2 is 1.82 bits per heavy atom. The van der Waals surface area contributed by atoms with Crippen molar-refractivity contribution in [3.63, 3.8) is 0 Å². The van der Waals surface area contributed by atoms with Crippen LogP contribution in [0.3, 0.4) is 0 Å². The molecule has 0 fully saturated rings. The highest BCUT2D eigenvalue weighted by Gasteiger charge is 2.28. The van der Waals surface area contributed by atoms with E-state index in [1.807, 2.05) is 7.05 Å². The third-order valence-corrected chi connectivity index (χ3v) is 4.38. The summed E-state index contributed by atoms with van der Waals surface area (Å²) >= 11 is 0. The molecule has 4 heteroatoms. The van der Waals surface area contributed by atoms with Crippen molar-refractivity contribution in [3.8, 4) is 0 Å². The zero-order valence-electron chi connectivity index (χ0n) is 14.5. The van der Waals surface area contributed by atoms with E-state index in [4.69, 9.17) is 4.74 Å². The molecular formula is C18H31N3O. The van der Waals surface area contributed by atoms with Gasteiger partial charge in [0.15, 0.2) is 5.96 Å². The van der Waals surface area contributed by atoms with E-state index in [1.165, 1.54) is 5.56 Å². The third kappa shape index (κ3) is 5.34. The van der Waals surface area contributed by atoms with Crippen molar-refractivity contribution in [2.75, 3.05) is 33.9 Å². The Labute approximate surface area is 135 Å². The van der Waals surface area contributed by atoms with Gasteiger partial charge < -0.3 is 15.4 Å². The Kier molecular flexibility index (Phi) is 8.60. The molecule has 0 unspecified atom stereocenters. The van der Waals surface area contributed by atoms with Crippen LogP contribution in [0.25, 0.3) is 0 Å². The number of guanidine groups is 1. The molecule has 0 aromatic heterocycles. The summed E-state index contributed by atoms with van der Waals surface area (Å²) in [4.78, 5) is 4.30. The summed E-state index contributed by atoms with van der Waals surface area (Å²) < 4.78 is 5.06. The summed E-state index contributed by atoms with van der Waals surface area (Å²) in [5, 5.41) is 6.82. The molecule has 1 aromatic carbocycles. The van der Waals surface area contributed by atoms with Crippen LogP contribution in [0, 0.1) is 0 Å². The van der Waals surface area contributed by atoms with Crippen molar-refractivity contribution in [2.45, 2.75) is 38.5 Å². The van der Waals surface area contributed by atoms with Gasteiger partial charge in [-0.05, 0) is 24.8 Å². The number of ether oxygens (including phenoxy) is 1. The summed E-state index contributed by atoms with van der Waals surface area (Å²) in [5.41, 5.74) is 1.54. The van der Waals surface area contributed by atoms with Crippen LogP contribution in [0.1, 0.15) is 38.7 Å². The normalized spacial score (nSPS) is 12.3. The minimum absolute atomic E-state index is 0.144. The molecule has 0 aliphatic rings. The molecule has 0 atom stereocenters. The summed E-state index contributed by atoms with van der Waals surface area (Å²) in [6.45, 7) is 7.03. The van der Waals surface area contributed by atoms with Crippen molar-refractivity contribution in [2.24, 2.45) is 4.99 Å². The lowest BCUT2D eigenvalue weighted by Gasteiger charge is -2.33. The molecule has 2 N–H and O–H groups in total. The molecule has 0 aliphatic carbocycles. The van der Waals surface area contributed by atoms with Crippen molar-refractivity contribution in [1.82, 2.24) is 10.6 Å². The van der Waals surface area contributed by atoms with Gasteiger partial charge in [-0.25, -0.2) is 0 Å². The first kappa shape index (κ1) is 18.5. The van der Waals surface area contributed by atoms with Crippen LogP contribution in [-0.4, -0.2) is 39.8 Å². The Hall–Kier alpha value is -1.55. The molecule has 0 heterocycles. The summed E-state index contributed by atoms with van der Waals surface area (Å²) in [6, 6.07) is 10.8. The lowest BCUT2D eigenvalue weighted by atomic mass is 9.76. The molecule has 124 valence electrons. The number of benzene rings is 1. The van der Waals surface area contributed by atoms with Crippen molar-refractivity contribution < 1.29 is 4.74 Å². The number of methoxy groups -OCH3 is 1. The molecule has 0 saturated heterocycles. The highest BCUT2D eigenvalue weighted by Crippen LogP contribution is 2.30. The Morgan fingerprint density at radius 3 is 2.36 bits per heavy atom. The van der Waals surface area contributed by atoms with Crippen LogP contribution in [0.15, 0.2) is 35.3 Å². The fourth-order valence-electron chi connectivity index (χ4n) is 2.70. The molecule has 22 heavy (non-hydrogen) atoms. The standard InChI is InChI=1S/C18H31N3O/c1-5-18(6-2,16-11-8-7-9-12-16)15-21-17(19-3)20-13-10-14-22-4/h7-9,11-12H,5-6,10,13-15H2,1-4H3,(H2,19,20,21). The van der Waals surface area contributed by atoms with Gasteiger partial charge in [-0.1, -0.05) is 44.2 Å². The summed E-state index contributed by atoms with van der Waals surface area (Å²) in [5.74, 6) is 0.860. The van der Waals surface area contributed by atoms with Crippen molar-refractivity contribution >= 4 is 5.96 Å². The maximum atomic E-state index is 5.06. The van der Waals surface area contributed by atoms with Crippen LogP contribution in [0.4, 0.5) is 0 Å². The second-order valence-electron chi connectivity index (χ2n) is 5.55. The van der Waals surface area contributed by atoms with E-state index in [-0.39, 0.29) is 5.41 Å². The molecule has 0 amide bonds. The van der Waals surface area contributed by atoms with E-state index >= 15 is 0 Å². The predicted octanol–water partition coefficient (Wildman–Crippen LogP) is 2.95. The van der Waals surface area contributed by atoms with Crippen molar-refractivity contribution in [3.05, 3.63) is 35.9 Å². The predicted molar refractivity (Wildman–Crippen MR) is 94.6 cm³/mol. The largest absolute Gasteiger partial charge is 0.385 e. The molecule has 0 bridgehead atoms. The number of aliphatic imine (C=N–C) groups is 1. The van der Waals surface area contributed by atoms with Crippen molar-refractivity contribution in [1.29, 1.82) is 0 Å². The van der Waals surface area contributed by atoms with Crippen LogP contribution in [0.5, 0.6) is 0 Å². The van der Waals surface area contributed by atoms with E-state index in [9.17, 15) is 0 Å². The zero-order chi connectivity index (χ0) is 16.3. The molecular weight excluding hydrogens is 274 g/mol. The van der Waals surface area contributed by atoms with Crippen LogP contribution in [0.2, 0.25) is 0 Å². The minimum atomic E-state index is 0.144. The molecule has 0 radical (unpaired) electrons. The average molecular weight is 305 g/mol. The highest BCUT2D eigenvalue weighted by atomic mass is 16.5. The topological polar surface area (TPSA) is 45.7 Å². The summed E-state index contributed by atoms with van der Waals surface area (Å²) in [6.07, 6.45) is 3.17. The summed E-state index contributed by atoms with van der Waals surface area (Å²) in [7, 11) is 3.54. The van der Waals surface area contributed by atoms with Crippen LogP contribution >= 0.6 is 0 Å². The number of nitrogens with one attached hydrogen (secondary N) is 2. The number of rotatable bonds is 9. The SMILES string of the molecule is CCC(CC)(CNC(=NC)NCCCOC)c1ccccc1. The first-order chi connectivity index (χ1) is 10.7. The van der Waals surface area contributed by atoms with Gasteiger partial charge in [-0.15, -0.1) is 0 Å². The second-order valence-corrected chi connectivity index (χ2v) is 5.55. The van der Waals surface area contributed by atoms with E-state index in [0.29, 0.717) is 0 Å². The maximum absolute atomic E-state index is 5.06. The Balaban J connectivity index is 2.64. The molecule has 0 spiro atoms. The molecule has 0 aliphatic heterocycles. The monoisotopic (exact) mass is 305 g/mol. The van der Waals surface area contributed by atoms with E-state index in [1.54, 1.807) is 7.11 Å². The zero-order valence-corrected chi connectivity index (χ0v) is 14.5. The van der Waals surface area contributed by atoms with Gasteiger partial charge in [0, 0.05) is 39.3 Å². The highest BCUT2D eigenvalue weighted by molar-refractivity contribution is 5.79. The number of hydrogen-bond acceptors (Lipinski definition) is 2. The first-order valence-corrected chi connectivity index (χ1v) is 8.21. The van der Waals surface area contributed by atoms with Gasteiger partial charge in [0.05, 0.1) is 0 Å². The quantitative estimate of drug-likeness (QED) is 0.419. The lowest BCUT2D eigenvalue weighted by molar-refractivity contribution is 0.195. The van der Waals surface area contributed by atoms with Gasteiger partial charge >= 0.3 is 0 Å². The molecule has 0 saturated carbocycles. The fraction of sp³-hybridized carbons (Fsp3) is 0.611. The molecule has 1 rings (SSSR count). The van der Waals surface area contributed by atoms with Gasteiger partial charge in [0.25, 0.3) is 0 Å². The van der Waals surface area contributed by atoms with E-state index in [2.05, 4.69) is 59.8 Å². The third-order valence-electron chi connectivity index (χ3n) is 4.38. The van der Waals surface area contributed by atoms with E-state index in [0.717, 1.165) is 44.9 Å². The minimum Gasteiger partial charge on any atom is -0.385 e. The van der Waals surface area contributed by atoms with Gasteiger partial charge in [0.2, 0.25) is 0 Å². The van der Waals surface area contributed by atoms with E-state index < -0.39 is 0 Å². The average Bonchev–Trinajstić information content (AvgIpc) is 2.59. The number of hydrogen-bond donors (Lipinski definition) is 2. The smallest absolute Gasteiger partial charge is 0.191 e. The van der Waals surface area contributed by atoms with Gasteiger partial charge in [-0.2, -0.15) is 0 Å². The Bertz CT molecular complexity index is 427. The van der Waals surface area contributed by atoms with Gasteiger partial charge in [-0.3, -0.25) is 4.99 Å². The van der Waals surface area contributed by atoms with Crippen LogP contribution < -0.4 is 10.6 Å². The first-order valence-electron chi connectivity index (χ1n) is 8.21. The maximum Gasteiger partial charge on any atom is 0.191 e. The molecule has 1 aromatic rings. The number of nitrogens with zero attached hydrogens (tertiary/aromatic N) is 1. The fourth-order valence-corrected chi connectivity index (χ4v) is 2.70. The Morgan fingerprint density at radius 1 is 1.14 bits per heavy atom. The lowest BCUT2D eigenvalue weighted by Crippen LogP contribution is -2.45. The van der Waals surface area contributed by atoms with Gasteiger partial charge in [0.1, 0.15) is 0 Å². The molecule has 4 nitrogen and oxygen atoms in total.